The smallest absolute Gasteiger partial charge is 0.303 e. The van der Waals surface area contributed by atoms with Crippen molar-refractivity contribution in [1.82, 2.24) is 36.1 Å². The highest BCUT2D eigenvalue weighted by molar-refractivity contribution is 5.97. The molecule has 2 aromatic carbocycles. The molecule has 0 fully saturated rings. The normalized spacial score (nSPS) is 13.6. The van der Waals surface area contributed by atoms with E-state index < -0.39 is 138 Å². The van der Waals surface area contributed by atoms with Crippen LogP contribution in [0.2, 0.25) is 0 Å². The lowest BCUT2D eigenvalue weighted by Gasteiger charge is -2.41. The van der Waals surface area contributed by atoms with Gasteiger partial charge in [-0.2, -0.15) is 0 Å². The Hall–Kier alpha value is -7.69. The van der Waals surface area contributed by atoms with E-state index >= 15 is 4.39 Å². The Morgan fingerprint density at radius 3 is 2.00 bits per heavy atom. The second kappa shape index (κ2) is 30.9. The maximum Gasteiger partial charge on any atom is 0.303 e. The van der Waals surface area contributed by atoms with Gasteiger partial charge < -0.3 is 56.8 Å². The number of aliphatic carboxylic acids is 1. The first kappa shape index (κ1) is 64.6. The maximum absolute atomic E-state index is 15.4. The van der Waals surface area contributed by atoms with E-state index in [9.17, 15) is 67.3 Å². The number of Topliss-reactive ketones (excluding diaryl/α,β-unsaturated/α-hetero) is 3. The number of carboxylic acid groups (broad SMARTS) is 1. The second-order valence-electron chi connectivity index (χ2n) is 20.4. The van der Waals surface area contributed by atoms with E-state index in [4.69, 9.17) is 5.73 Å². The number of hydrogen-bond donors (Lipinski definition) is 8. The number of primary amides is 1. The van der Waals surface area contributed by atoms with Crippen LogP contribution in [0.4, 0.5) is 8.78 Å². The monoisotopic (exact) mass is 1090 g/mol. The average molecular weight is 1090 g/mol. The van der Waals surface area contributed by atoms with Crippen LogP contribution < -0.4 is 32.3 Å². The number of benzene rings is 2. The number of hydrogen-bond acceptors (Lipinski definition) is 12. The molecule has 23 heteroatoms. The molecule has 3 aromatic rings. The quantitative estimate of drug-likeness (QED) is 0.0407. The Morgan fingerprint density at radius 2 is 1.40 bits per heavy atom. The van der Waals surface area contributed by atoms with Gasteiger partial charge in [-0.3, -0.25) is 47.9 Å². The number of carbonyl (C=O) groups excluding carboxylic acids is 10. The molecule has 0 bridgehead atoms. The summed E-state index contributed by atoms with van der Waals surface area (Å²) in [6.07, 6.45) is -0.709. The molecule has 9 N–H and O–H groups in total. The molecule has 7 amide bonds. The number of carboxylic acids is 1. The summed E-state index contributed by atoms with van der Waals surface area (Å²) < 4.78 is 31.8. The van der Waals surface area contributed by atoms with Crippen LogP contribution in [0.1, 0.15) is 130 Å². The third-order valence-corrected chi connectivity index (χ3v) is 12.6. The van der Waals surface area contributed by atoms with Crippen molar-refractivity contribution in [3.63, 3.8) is 0 Å². The molecule has 3 rings (SSSR count). The minimum absolute atomic E-state index is 0.0552. The van der Waals surface area contributed by atoms with Gasteiger partial charge in [0, 0.05) is 87.6 Å². The third-order valence-electron chi connectivity index (χ3n) is 12.6. The van der Waals surface area contributed by atoms with Crippen molar-refractivity contribution in [2.75, 3.05) is 19.7 Å². The number of nitrogens with zero attached hydrogens (tertiary/aromatic N) is 2. The molecule has 426 valence electrons. The van der Waals surface area contributed by atoms with Gasteiger partial charge in [-0.25, -0.2) is 8.78 Å². The van der Waals surface area contributed by atoms with E-state index in [0.29, 0.717) is 5.69 Å². The largest absolute Gasteiger partial charge is 0.481 e. The molecule has 0 saturated heterocycles. The molecule has 6 atom stereocenters. The SMILES string of the molecule is CC(=O)CCCC(=O)N[C@H](CCC(=O)O)C(=O)CCCNC(=O)[C@H](CCN(C(=O)CO)[C@@H](c1cc(-c2cc(F)ccc2F)cn1Cc1ccccc1)C(C)(C)C)NC(=O)[C@H](CC(N)=O)NC(=O)[C@@H](C)CC(=O)[C@H](C)NC(C)=O. The molecule has 0 aliphatic rings. The molecule has 0 unspecified atom stereocenters. The van der Waals surface area contributed by atoms with Crippen LogP contribution in [0.5, 0.6) is 0 Å². The van der Waals surface area contributed by atoms with E-state index in [1.54, 1.807) is 37.6 Å². The molecule has 0 saturated carbocycles. The molecule has 0 aliphatic carbocycles. The summed E-state index contributed by atoms with van der Waals surface area (Å²) in [5.74, 6) is -10.7. The van der Waals surface area contributed by atoms with Crippen molar-refractivity contribution < 1.29 is 71.7 Å². The summed E-state index contributed by atoms with van der Waals surface area (Å²) in [6, 6.07) is 7.26. The predicted octanol–water partition coefficient (Wildman–Crippen LogP) is 3.32. The zero-order valence-corrected chi connectivity index (χ0v) is 45.2. The van der Waals surface area contributed by atoms with Crippen molar-refractivity contribution in [3.8, 4) is 11.1 Å². The Morgan fingerprint density at radius 1 is 0.731 bits per heavy atom. The number of carbonyl (C=O) groups is 11. The van der Waals surface area contributed by atoms with Gasteiger partial charge in [-0.05, 0) is 74.8 Å². The number of rotatable bonds is 33. The van der Waals surface area contributed by atoms with E-state index in [2.05, 4.69) is 26.6 Å². The summed E-state index contributed by atoms with van der Waals surface area (Å²) in [5.41, 5.74) is 6.00. The van der Waals surface area contributed by atoms with Gasteiger partial charge in [-0.1, -0.05) is 58.0 Å². The lowest BCUT2D eigenvalue weighted by Crippen LogP contribution is -2.56. The topological polar surface area (TPSA) is 323 Å². The lowest BCUT2D eigenvalue weighted by atomic mass is 9.82. The van der Waals surface area contributed by atoms with Crippen molar-refractivity contribution in [1.29, 1.82) is 0 Å². The zero-order valence-electron chi connectivity index (χ0n) is 45.2. The van der Waals surface area contributed by atoms with Gasteiger partial charge in [0.2, 0.25) is 41.4 Å². The fourth-order valence-electron chi connectivity index (χ4n) is 8.71. The standard InChI is InChI=1S/C55H74F2N8O13/c1-32(25-46(70)34(3)60-35(4)68)52(76)63-43(28-47(58)71)54(78)62-42(53(77)59-23-12-16-45(69)41(20-21-50(74)75)61-48(72)17-11-13-33(2)67)22-24-65(49(73)31-66)51(55(5,6)7)44-26-37(39-27-38(56)18-19-40(39)57)30-64(44)29-36-14-9-8-10-15-36/h8-10,14-15,18-19,26-27,30,32,34,41-43,51,66H,11-13,16-17,20-25,28-29,31H2,1-7H3,(H2,58,71)(H,59,77)(H,60,68)(H,61,72)(H,62,78)(H,63,76)(H,74,75)/t32-,34-,41+,42-,43-,51-/m0/s1. The van der Waals surface area contributed by atoms with Crippen molar-refractivity contribution >= 4 is 64.7 Å². The fraction of sp³-hybridized carbons (Fsp3) is 0.509. The minimum Gasteiger partial charge on any atom is -0.481 e. The molecule has 0 radical (unpaired) electrons. The van der Waals surface area contributed by atoms with Crippen LogP contribution in [0, 0.1) is 23.0 Å². The van der Waals surface area contributed by atoms with E-state index in [1.807, 2.05) is 30.3 Å². The van der Waals surface area contributed by atoms with E-state index in [1.165, 1.54) is 32.6 Å². The van der Waals surface area contributed by atoms with Gasteiger partial charge in [0.05, 0.1) is 24.5 Å². The van der Waals surface area contributed by atoms with Crippen molar-refractivity contribution in [3.05, 3.63) is 83.7 Å². The number of amides is 7. The highest BCUT2D eigenvalue weighted by atomic mass is 19.1. The maximum atomic E-state index is 15.4. The first-order valence-electron chi connectivity index (χ1n) is 25.7. The van der Waals surface area contributed by atoms with Gasteiger partial charge in [0.15, 0.2) is 11.6 Å². The Kier molecular flexibility index (Phi) is 25.6. The summed E-state index contributed by atoms with van der Waals surface area (Å²) in [7, 11) is 0. The van der Waals surface area contributed by atoms with Crippen LogP contribution in [0.15, 0.2) is 60.8 Å². The van der Waals surface area contributed by atoms with Gasteiger partial charge in [0.1, 0.15) is 36.1 Å². The lowest BCUT2D eigenvalue weighted by molar-refractivity contribution is -0.140. The average Bonchev–Trinajstić information content (AvgIpc) is 3.78. The molecule has 1 heterocycles. The number of ketones is 3. The van der Waals surface area contributed by atoms with E-state index in [0.717, 1.165) is 23.8 Å². The second-order valence-corrected chi connectivity index (χ2v) is 20.4. The number of aromatic nitrogens is 1. The molecule has 0 aliphatic heterocycles. The number of aliphatic hydroxyl groups excluding tert-OH is 1. The van der Waals surface area contributed by atoms with Crippen LogP contribution >= 0.6 is 0 Å². The number of aliphatic hydroxyl groups is 1. The van der Waals surface area contributed by atoms with Crippen LogP contribution in [0.3, 0.4) is 0 Å². The fourth-order valence-corrected chi connectivity index (χ4v) is 8.71. The van der Waals surface area contributed by atoms with Crippen LogP contribution in [-0.2, 0) is 59.3 Å². The van der Waals surface area contributed by atoms with Gasteiger partial charge in [-0.15, -0.1) is 0 Å². The molecule has 1 aromatic heterocycles. The zero-order chi connectivity index (χ0) is 58.4. The Labute approximate surface area is 452 Å². The Bertz CT molecular complexity index is 2640. The molecule has 78 heavy (non-hydrogen) atoms. The van der Waals surface area contributed by atoms with Crippen LogP contribution in [-0.4, -0.2) is 128 Å². The highest BCUT2D eigenvalue weighted by Crippen LogP contribution is 2.41. The van der Waals surface area contributed by atoms with Crippen LogP contribution in [0.25, 0.3) is 11.1 Å². The number of nitrogens with two attached hydrogens (primary N) is 1. The predicted molar refractivity (Wildman–Crippen MR) is 281 cm³/mol. The molecule has 0 spiro atoms. The molecular weight excluding hydrogens is 1020 g/mol. The van der Waals surface area contributed by atoms with Crippen molar-refractivity contribution in [2.45, 2.75) is 149 Å². The number of halogens is 2. The van der Waals surface area contributed by atoms with Gasteiger partial charge in [0.25, 0.3) is 0 Å². The highest BCUT2D eigenvalue weighted by Gasteiger charge is 2.39. The molecular formula is C55H74F2N8O13. The summed E-state index contributed by atoms with van der Waals surface area (Å²) in [5, 5.41) is 32.3. The Balaban J connectivity index is 2.05. The van der Waals surface area contributed by atoms with E-state index in [-0.39, 0.29) is 81.5 Å². The summed E-state index contributed by atoms with van der Waals surface area (Å²) in [4.78, 5) is 143. The third kappa shape index (κ3) is 21.4. The van der Waals surface area contributed by atoms with Gasteiger partial charge >= 0.3 is 5.97 Å². The summed E-state index contributed by atoms with van der Waals surface area (Å²) >= 11 is 0. The number of nitrogens with one attached hydrogen (secondary N) is 5. The van der Waals surface area contributed by atoms with Crippen molar-refractivity contribution in [2.24, 2.45) is 17.1 Å². The molecule has 21 nitrogen and oxygen atoms in total. The summed E-state index contributed by atoms with van der Waals surface area (Å²) in [6.45, 7) is 9.31. The minimum atomic E-state index is -1.71. The first-order valence-corrected chi connectivity index (χ1v) is 25.7. The first-order chi connectivity index (χ1) is 36.6.